The highest BCUT2D eigenvalue weighted by Crippen LogP contribution is 2.41. The SMILES string of the molecule is C=C(C)c1ccc(C)c(C(OC(C)(C)C)C(=O)O)c1-c1ccc2c(c1)CCCO2. The third-order valence-corrected chi connectivity index (χ3v) is 5.08. The van der Waals surface area contributed by atoms with E-state index < -0.39 is 17.7 Å². The largest absolute Gasteiger partial charge is 0.493 e. The first-order valence-electron chi connectivity index (χ1n) is 10.0. The van der Waals surface area contributed by atoms with Crippen LogP contribution in [0.5, 0.6) is 5.75 Å². The lowest BCUT2D eigenvalue weighted by Crippen LogP contribution is -2.28. The highest BCUT2D eigenvalue weighted by Gasteiger charge is 2.32. The maximum atomic E-state index is 12.3. The number of ether oxygens (including phenoxy) is 2. The summed E-state index contributed by atoms with van der Waals surface area (Å²) in [5, 5.41) is 10.0. The summed E-state index contributed by atoms with van der Waals surface area (Å²) >= 11 is 0. The number of aliphatic carboxylic acids is 1. The topological polar surface area (TPSA) is 55.8 Å². The van der Waals surface area contributed by atoms with Crippen LogP contribution in [0.1, 0.15) is 62.5 Å². The van der Waals surface area contributed by atoms with Gasteiger partial charge in [0.05, 0.1) is 12.2 Å². The number of benzene rings is 2. The molecule has 0 spiro atoms. The molecule has 4 heteroatoms. The molecule has 154 valence electrons. The summed E-state index contributed by atoms with van der Waals surface area (Å²) < 4.78 is 11.8. The molecule has 1 aliphatic rings. The average molecular weight is 395 g/mol. The van der Waals surface area contributed by atoms with Crippen LogP contribution in [0.2, 0.25) is 0 Å². The van der Waals surface area contributed by atoms with E-state index in [0.717, 1.165) is 58.6 Å². The molecule has 0 amide bonds. The molecule has 0 saturated heterocycles. The van der Waals surface area contributed by atoms with Gasteiger partial charge >= 0.3 is 5.97 Å². The molecular weight excluding hydrogens is 364 g/mol. The molecule has 0 radical (unpaired) electrons. The Labute approximate surface area is 173 Å². The lowest BCUT2D eigenvalue weighted by Gasteiger charge is -2.29. The molecule has 0 saturated carbocycles. The van der Waals surface area contributed by atoms with Gasteiger partial charge in [-0.15, -0.1) is 0 Å². The second kappa shape index (κ2) is 8.03. The number of carbonyl (C=O) groups is 1. The van der Waals surface area contributed by atoms with Crippen molar-refractivity contribution in [2.24, 2.45) is 0 Å². The van der Waals surface area contributed by atoms with Gasteiger partial charge in [-0.3, -0.25) is 0 Å². The number of carboxylic acid groups (broad SMARTS) is 1. The van der Waals surface area contributed by atoms with Gasteiger partial charge < -0.3 is 14.6 Å². The van der Waals surface area contributed by atoms with Crippen molar-refractivity contribution in [3.63, 3.8) is 0 Å². The molecule has 1 N–H and O–H groups in total. The Morgan fingerprint density at radius 3 is 2.59 bits per heavy atom. The van der Waals surface area contributed by atoms with Crippen LogP contribution in [-0.2, 0) is 16.0 Å². The van der Waals surface area contributed by atoms with Crippen molar-refractivity contribution in [2.45, 2.75) is 59.2 Å². The molecule has 1 atom stereocenters. The summed E-state index contributed by atoms with van der Waals surface area (Å²) in [5.74, 6) is -0.0868. The molecule has 0 fully saturated rings. The van der Waals surface area contributed by atoms with Gasteiger partial charge in [-0.25, -0.2) is 4.79 Å². The van der Waals surface area contributed by atoms with Gasteiger partial charge in [0.2, 0.25) is 0 Å². The van der Waals surface area contributed by atoms with E-state index in [9.17, 15) is 9.90 Å². The standard InChI is InChI=1S/C25H30O4/c1-15(2)19-11-9-16(3)21(23(24(26)27)29-25(4,5)6)22(19)18-10-12-20-17(14-18)8-7-13-28-20/h9-12,14,23H,1,7-8,13H2,2-6H3,(H,26,27). The minimum atomic E-state index is -1.07. The molecule has 2 aromatic rings. The molecule has 1 aliphatic heterocycles. The maximum Gasteiger partial charge on any atom is 0.337 e. The monoisotopic (exact) mass is 394 g/mol. The molecule has 4 nitrogen and oxygen atoms in total. The summed E-state index contributed by atoms with van der Waals surface area (Å²) in [4.78, 5) is 12.3. The fraction of sp³-hybridized carbons (Fsp3) is 0.400. The number of hydrogen-bond donors (Lipinski definition) is 1. The maximum absolute atomic E-state index is 12.3. The van der Waals surface area contributed by atoms with Gasteiger partial charge in [-0.1, -0.05) is 30.4 Å². The summed E-state index contributed by atoms with van der Waals surface area (Å²) in [7, 11) is 0. The summed E-state index contributed by atoms with van der Waals surface area (Å²) in [6, 6.07) is 10.1. The third-order valence-electron chi connectivity index (χ3n) is 5.08. The Morgan fingerprint density at radius 1 is 1.24 bits per heavy atom. The second-order valence-corrected chi connectivity index (χ2v) is 8.72. The first kappa shape index (κ1) is 21.1. The van der Waals surface area contributed by atoms with E-state index in [1.165, 1.54) is 0 Å². The number of rotatable bonds is 5. The predicted octanol–water partition coefficient (Wildman–Crippen LogP) is 5.96. The Hall–Kier alpha value is -2.59. The van der Waals surface area contributed by atoms with Gasteiger partial charge in [-0.2, -0.15) is 0 Å². The number of allylic oxidation sites excluding steroid dienone is 1. The lowest BCUT2D eigenvalue weighted by molar-refractivity contribution is -0.160. The summed E-state index contributed by atoms with van der Waals surface area (Å²) in [6.07, 6.45) is 0.861. The minimum Gasteiger partial charge on any atom is -0.493 e. The van der Waals surface area contributed by atoms with Crippen LogP contribution in [-0.4, -0.2) is 23.3 Å². The summed E-state index contributed by atoms with van der Waals surface area (Å²) in [6.45, 7) is 14.4. The first-order valence-corrected chi connectivity index (χ1v) is 10.0. The normalized spacial score (nSPS) is 14.7. The predicted molar refractivity (Wildman–Crippen MR) is 116 cm³/mol. The van der Waals surface area contributed by atoms with E-state index in [1.54, 1.807) is 0 Å². The van der Waals surface area contributed by atoms with Gasteiger partial charge in [-0.05, 0) is 87.4 Å². The number of hydrogen-bond acceptors (Lipinski definition) is 3. The Bertz CT molecular complexity index is 950. The highest BCUT2D eigenvalue weighted by atomic mass is 16.5. The van der Waals surface area contributed by atoms with E-state index in [0.29, 0.717) is 5.56 Å². The number of aryl methyl sites for hydroxylation is 2. The van der Waals surface area contributed by atoms with Crippen LogP contribution >= 0.6 is 0 Å². The molecule has 3 rings (SSSR count). The van der Waals surface area contributed by atoms with Crippen molar-refractivity contribution in [1.82, 2.24) is 0 Å². The first-order chi connectivity index (χ1) is 13.6. The van der Waals surface area contributed by atoms with Crippen molar-refractivity contribution in [2.75, 3.05) is 6.61 Å². The summed E-state index contributed by atoms with van der Waals surface area (Å²) in [5.41, 5.74) is 5.78. The second-order valence-electron chi connectivity index (χ2n) is 8.72. The van der Waals surface area contributed by atoms with Gasteiger partial charge in [0.15, 0.2) is 6.10 Å². The van der Waals surface area contributed by atoms with Gasteiger partial charge in [0.1, 0.15) is 5.75 Å². The van der Waals surface area contributed by atoms with Crippen LogP contribution in [0, 0.1) is 6.92 Å². The number of fused-ring (bicyclic) bond motifs is 1. The molecule has 0 aliphatic carbocycles. The van der Waals surface area contributed by atoms with Crippen molar-refractivity contribution in [3.05, 3.63) is 59.2 Å². The van der Waals surface area contributed by atoms with E-state index in [1.807, 2.05) is 58.9 Å². The van der Waals surface area contributed by atoms with Crippen LogP contribution in [0.25, 0.3) is 16.7 Å². The lowest BCUT2D eigenvalue weighted by atomic mass is 9.85. The molecule has 1 heterocycles. The van der Waals surface area contributed by atoms with E-state index in [-0.39, 0.29) is 0 Å². The quantitative estimate of drug-likeness (QED) is 0.680. The fourth-order valence-electron chi connectivity index (χ4n) is 3.83. The Morgan fingerprint density at radius 2 is 1.97 bits per heavy atom. The zero-order chi connectivity index (χ0) is 21.3. The van der Waals surface area contributed by atoms with Crippen LogP contribution in [0.4, 0.5) is 0 Å². The van der Waals surface area contributed by atoms with Crippen molar-refractivity contribution in [1.29, 1.82) is 0 Å². The van der Waals surface area contributed by atoms with E-state index in [2.05, 4.69) is 12.6 Å². The molecule has 0 bridgehead atoms. The highest BCUT2D eigenvalue weighted by molar-refractivity contribution is 5.88. The molecular formula is C25H30O4. The van der Waals surface area contributed by atoms with E-state index >= 15 is 0 Å². The van der Waals surface area contributed by atoms with Crippen LogP contribution in [0.15, 0.2) is 36.9 Å². The van der Waals surface area contributed by atoms with Crippen molar-refractivity contribution >= 4 is 11.5 Å². The van der Waals surface area contributed by atoms with Crippen LogP contribution < -0.4 is 4.74 Å². The van der Waals surface area contributed by atoms with Gasteiger partial charge in [0.25, 0.3) is 0 Å². The third kappa shape index (κ3) is 4.54. The Balaban J connectivity index is 2.28. The van der Waals surface area contributed by atoms with Crippen LogP contribution in [0.3, 0.4) is 0 Å². The smallest absolute Gasteiger partial charge is 0.337 e. The number of carboxylic acids is 1. The zero-order valence-electron chi connectivity index (χ0n) is 18.0. The Kier molecular flexibility index (Phi) is 5.85. The molecule has 2 aromatic carbocycles. The average Bonchev–Trinajstić information content (AvgIpc) is 2.64. The molecule has 0 aromatic heterocycles. The molecule has 1 unspecified atom stereocenters. The van der Waals surface area contributed by atoms with Gasteiger partial charge in [0, 0.05) is 5.56 Å². The van der Waals surface area contributed by atoms with Crippen molar-refractivity contribution < 1.29 is 19.4 Å². The minimum absolute atomic E-state index is 0.602. The fourth-order valence-corrected chi connectivity index (χ4v) is 3.83. The van der Waals surface area contributed by atoms with Crippen molar-refractivity contribution in [3.8, 4) is 16.9 Å². The zero-order valence-corrected chi connectivity index (χ0v) is 18.0. The van der Waals surface area contributed by atoms with E-state index in [4.69, 9.17) is 9.47 Å². The molecule has 29 heavy (non-hydrogen) atoms.